The summed E-state index contributed by atoms with van der Waals surface area (Å²) in [5, 5.41) is 0.669. The number of aryl methyl sites for hydroxylation is 1. The number of nitrogens with two attached hydrogens (primary N) is 1. The van der Waals surface area contributed by atoms with Crippen LogP contribution in [0.5, 0.6) is 0 Å². The summed E-state index contributed by atoms with van der Waals surface area (Å²) < 4.78 is 5.30. The summed E-state index contributed by atoms with van der Waals surface area (Å²) in [5.41, 5.74) is 7.98. The van der Waals surface area contributed by atoms with E-state index in [0.29, 0.717) is 17.5 Å². The van der Waals surface area contributed by atoms with Gasteiger partial charge in [0.25, 0.3) is 0 Å². The van der Waals surface area contributed by atoms with Gasteiger partial charge in [-0.3, -0.25) is 0 Å². The summed E-state index contributed by atoms with van der Waals surface area (Å²) in [5.74, 6) is 0.518. The third-order valence-corrected chi connectivity index (χ3v) is 2.68. The lowest BCUT2D eigenvalue weighted by Gasteiger charge is -2.01. The molecule has 0 fully saturated rings. The van der Waals surface area contributed by atoms with E-state index in [1.54, 1.807) is 6.26 Å². The van der Waals surface area contributed by atoms with Gasteiger partial charge in [-0.15, -0.1) is 0 Å². The van der Waals surface area contributed by atoms with Gasteiger partial charge in [-0.05, 0) is 18.6 Å². The zero-order valence-electron chi connectivity index (χ0n) is 8.33. The molecule has 0 unspecified atom stereocenters. The number of rotatable bonds is 2. The van der Waals surface area contributed by atoms with Gasteiger partial charge in [0.05, 0.1) is 16.3 Å². The summed E-state index contributed by atoms with van der Waals surface area (Å²) in [6.45, 7) is 2.31. The van der Waals surface area contributed by atoms with Crippen molar-refractivity contribution in [1.29, 1.82) is 0 Å². The molecule has 0 spiro atoms. The van der Waals surface area contributed by atoms with Crippen molar-refractivity contribution in [2.75, 3.05) is 0 Å². The molecule has 0 saturated heterocycles. The molecule has 2 rings (SSSR count). The van der Waals surface area contributed by atoms with Crippen molar-refractivity contribution in [2.24, 2.45) is 5.73 Å². The summed E-state index contributed by atoms with van der Waals surface area (Å²) in [7, 11) is 0. The highest BCUT2D eigenvalue weighted by Gasteiger charge is 2.10. The summed E-state index contributed by atoms with van der Waals surface area (Å²) in [6, 6.07) is 5.74. The van der Waals surface area contributed by atoms with Crippen LogP contribution in [0.3, 0.4) is 0 Å². The fraction of sp³-hybridized carbons (Fsp3) is 0.182. The maximum atomic E-state index is 6.15. The number of oxazole rings is 1. The maximum absolute atomic E-state index is 6.15. The molecule has 0 saturated carbocycles. The van der Waals surface area contributed by atoms with Gasteiger partial charge in [0.15, 0.2) is 0 Å². The van der Waals surface area contributed by atoms with Crippen molar-refractivity contribution < 1.29 is 4.42 Å². The Morgan fingerprint density at radius 1 is 1.47 bits per heavy atom. The van der Waals surface area contributed by atoms with Crippen LogP contribution in [-0.2, 0) is 6.54 Å². The first-order chi connectivity index (χ1) is 7.22. The molecule has 2 aromatic rings. The molecule has 0 aliphatic heterocycles. The molecule has 0 atom stereocenters. The van der Waals surface area contributed by atoms with Crippen LogP contribution >= 0.6 is 11.6 Å². The van der Waals surface area contributed by atoms with Gasteiger partial charge in [0.2, 0.25) is 5.89 Å². The normalized spacial score (nSPS) is 10.6. The fourth-order valence-electron chi connectivity index (χ4n) is 1.34. The largest absolute Gasteiger partial charge is 0.444 e. The molecule has 0 bridgehead atoms. The summed E-state index contributed by atoms with van der Waals surface area (Å²) >= 11 is 6.15. The van der Waals surface area contributed by atoms with Gasteiger partial charge >= 0.3 is 0 Å². The number of hydrogen-bond acceptors (Lipinski definition) is 3. The first kappa shape index (κ1) is 10.2. The second-order valence-electron chi connectivity index (χ2n) is 3.28. The van der Waals surface area contributed by atoms with Crippen molar-refractivity contribution in [2.45, 2.75) is 13.5 Å². The molecule has 1 aromatic carbocycles. The number of benzene rings is 1. The predicted molar refractivity (Wildman–Crippen MR) is 59.6 cm³/mol. The monoisotopic (exact) mass is 222 g/mol. The number of nitrogens with zero attached hydrogens (tertiary/aromatic N) is 1. The van der Waals surface area contributed by atoms with E-state index in [2.05, 4.69) is 4.98 Å². The van der Waals surface area contributed by atoms with E-state index < -0.39 is 0 Å². The van der Waals surface area contributed by atoms with Gasteiger partial charge in [0, 0.05) is 6.54 Å². The van der Waals surface area contributed by atoms with E-state index in [-0.39, 0.29) is 0 Å². The molecule has 3 nitrogen and oxygen atoms in total. The van der Waals surface area contributed by atoms with Gasteiger partial charge in [-0.2, -0.15) is 0 Å². The van der Waals surface area contributed by atoms with Gasteiger partial charge in [-0.1, -0.05) is 23.7 Å². The minimum absolute atomic E-state index is 0.368. The first-order valence-corrected chi connectivity index (χ1v) is 5.00. The van der Waals surface area contributed by atoms with Crippen LogP contribution in [0.25, 0.3) is 11.5 Å². The van der Waals surface area contributed by atoms with Crippen LogP contribution in [0.2, 0.25) is 5.02 Å². The second kappa shape index (κ2) is 4.04. The molecule has 78 valence electrons. The molecule has 1 heterocycles. The highest BCUT2D eigenvalue weighted by molar-refractivity contribution is 6.33. The van der Waals surface area contributed by atoms with Crippen LogP contribution < -0.4 is 5.73 Å². The van der Waals surface area contributed by atoms with Crippen LogP contribution in [0.4, 0.5) is 0 Å². The Labute approximate surface area is 92.9 Å². The van der Waals surface area contributed by atoms with E-state index >= 15 is 0 Å². The van der Waals surface area contributed by atoms with Crippen LogP contribution in [0, 0.1) is 6.92 Å². The van der Waals surface area contributed by atoms with Crippen LogP contribution in [-0.4, -0.2) is 4.98 Å². The fourth-order valence-corrected chi connectivity index (χ4v) is 1.54. The van der Waals surface area contributed by atoms with E-state index in [0.717, 1.165) is 16.8 Å². The maximum Gasteiger partial charge on any atom is 0.227 e. The summed E-state index contributed by atoms with van der Waals surface area (Å²) in [6.07, 6.45) is 1.55. The topological polar surface area (TPSA) is 52.0 Å². The van der Waals surface area contributed by atoms with Crippen molar-refractivity contribution in [1.82, 2.24) is 4.98 Å². The quantitative estimate of drug-likeness (QED) is 0.850. The molecule has 2 N–H and O–H groups in total. The third kappa shape index (κ3) is 1.89. The Kier molecular flexibility index (Phi) is 2.75. The smallest absolute Gasteiger partial charge is 0.227 e. The van der Waals surface area contributed by atoms with Crippen molar-refractivity contribution >= 4 is 11.6 Å². The minimum Gasteiger partial charge on any atom is -0.444 e. The molecule has 0 amide bonds. The first-order valence-electron chi connectivity index (χ1n) is 4.62. The van der Waals surface area contributed by atoms with E-state index in [1.165, 1.54) is 0 Å². The lowest BCUT2D eigenvalue weighted by atomic mass is 10.1. The molecular weight excluding hydrogens is 212 g/mol. The van der Waals surface area contributed by atoms with Crippen molar-refractivity contribution in [3.05, 3.63) is 40.7 Å². The average molecular weight is 223 g/mol. The van der Waals surface area contributed by atoms with Gasteiger partial charge in [0.1, 0.15) is 6.26 Å². The Morgan fingerprint density at radius 3 is 2.93 bits per heavy atom. The minimum atomic E-state index is 0.368. The third-order valence-electron chi connectivity index (χ3n) is 2.18. The standard InChI is InChI=1S/C11H11ClN2O/c1-7-3-2-4-9(10(7)12)11-14-8(5-13)6-15-11/h2-4,6H,5,13H2,1H3. The molecule has 1 aromatic heterocycles. The van der Waals surface area contributed by atoms with Gasteiger partial charge < -0.3 is 10.2 Å². The van der Waals surface area contributed by atoms with Crippen LogP contribution in [0.1, 0.15) is 11.3 Å². The van der Waals surface area contributed by atoms with E-state index in [4.69, 9.17) is 21.8 Å². The molecule has 0 aliphatic carbocycles. The van der Waals surface area contributed by atoms with Crippen molar-refractivity contribution in [3.8, 4) is 11.5 Å². The predicted octanol–water partition coefficient (Wildman–Crippen LogP) is 2.76. The van der Waals surface area contributed by atoms with E-state index in [9.17, 15) is 0 Å². The Bertz CT molecular complexity index is 479. The molecule has 0 aliphatic rings. The number of aromatic nitrogens is 1. The lowest BCUT2D eigenvalue weighted by Crippen LogP contribution is -1.95. The second-order valence-corrected chi connectivity index (χ2v) is 3.66. The number of halogens is 1. The zero-order valence-corrected chi connectivity index (χ0v) is 9.08. The van der Waals surface area contributed by atoms with Crippen LogP contribution in [0.15, 0.2) is 28.9 Å². The van der Waals surface area contributed by atoms with Crippen molar-refractivity contribution in [3.63, 3.8) is 0 Å². The van der Waals surface area contributed by atoms with E-state index in [1.807, 2.05) is 25.1 Å². The zero-order chi connectivity index (χ0) is 10.8. The highest BCUT2D eigenvalue weighted by Crippen LogP contribution is 2.29. The Hall–Kier alpha value is -1.32. The molecule has 15 heavy (non-hydrogen) atoms. The molecule has 0 radical (unpaired) electrons. The average Bonchev–Trinajstić information content (AvgIpc) is 2.70. The number of hydrogen-bond donors (Lipinski definition) is 1. The Balaban J connectivity index is 2.49. The molecular formula is C11H11ClN2O. The Morgan fingerprint density at radius 2 is 2.27 bits per heavy atom. The summed E-state index contributed by atoms with van der Waals surface area (Å²) in [4.78, 5) is 4.22. The van der Waals surface area contributed by atoms with Gasteiger partial charge in [-0.25, -0.2) is 4.98 Å². The lowest BCUT2D eigenvalue weighted by molar-refractivity contribution is 0.572. The highest BCUT2D eigenvalue weighted by atomic mass is 35.5. The molecule has 4 heteroatoms. The SMILES string of the molecule is Cc1cccc(-c2nc(CN)co2)c1Cl.